The van der Waals surface area contributed by atoms with Crippen molar-refractivity contribution in [2.24, 2.45) is 0 Å². The van der Waals surface area contributed by atoms with E-state index in [-0.39, 0.29) is 0 Å². The summed E-state index contributed by atoms with van der Waals surface area (Å²) in [6, 6.07) is 0. The molecule has 0 aliphatic rings. The molecule has 0 atom stereocenters. The molecule has 0 radical (unpaired) electrons. The third kappa shape index (κ3) is 2.43. The van der Waals surface area contributed by atoms with Gasteiger partial charge in [-0.15, -0.1) is 0 Å². The van der Waals surface area contributed by atoms with Crippen molar-refractivity contribution in [2.45, 2.75) is 22.9 Å². The highest BCUT2D eigenvalue weighted by Gasteiger charge is 2.80. The summed E-state index contributed by atoms with van der Waals surface area (Å²) >= 11 is 0.942. The first-order valence-corrected chi connectivity index (χ1v) is 3.89. The average Bonchev–Trinajstić information content (AvgIpc) is 1.95. The smallest absolute Gasteiger partial charge is 0.287 e. The molecule has 0 rings (SSSR count). The molecule has 16 heavy (non-hydrogen) atoms. The fraction of sp³-hybridized carbons (Fsp3) is 0.800. The molecule has 0 aromatic carbocycles. The second kappa shape index (κ2) is 3.77. The van der Waals surface area contributed by atoms with Gasteiger partial charge in [-0.3, -0.25) is 4.79 Å². The van der Waals surface area contributed by atoms with Crippen molar-refractivity contribution in [3.63, 3.8) is 0 Å². The van der Waals surface area contributed by atoms with Gasteiger partial charge < -0.3 is 0 Å². The van der Waals surface area contributed by atoms with Gasteiger partial charge >= 0.3 is 22.9 Å². The predicted octanol–water partition coefficient (Wildman–Crippen LogP) is 3.38. The third-order valence-corrected chi connectivity index (χ3v) is 1.71. The third-order valence-electron chi connectivity index (χ3n) is 1.35. The molecular formula is C5BrF9O. The molecule has 0 aliphatic carbocycles. The lowest BCUT2D eigenvalue weighted by atomic mass is 9.99. The van der Waals surface area contributed by atoms with Crippen LogP contribution in [0.2, 0.25) is 0 Å². The van der Waals surface area contributed by atoms with Crippen molar-refractivity contribution < 1.29 is 44.3 Å². The fourth-order valence-electron chi connectivity index (χ4n) is 0.613. The molecule has 1 nitrogen and oxygen atoms in total. The molecule has 0 aliphatic heterocycles. The van der Waals surface area contributed by atoms with Crippen LogP contribution in [0.25, 0.3) is 0 Å². The Labute approximate surface area is 89.7 Å². The number of carbonyl (C=O) groups is 1. The minimum atomic E-state index is -6.83. The Bertz CT molecular complexity index is 270. The zero-order chi connectivity index (χ0) is 13.6. The van der Waals surface area contributed by atoms with Gasteiger partial charge in [0.25, 0.3) is 5.78 Å². The SMILES string of the molecule is O=C(C(F)(F)Br)C(F)(C(F)(F)F)C(F)(F)F. The molecule has 0 saturated heterocycles. The van der Waals surface area contributed by atoms with Crippen LogP contribution in [0.1, 0.15) is 0 Å². The lowest BCUT2D eigenvalue weighted by Crippen LogP contribution is -2.62. The van der Waals surface area contributed by atoms with Gasteiger partial charge in [0.15, 0.2) is 0 Å². The summed E-state index contributed by atoms with van der Waals surface area (Å²) in [6.07, 6.45) is -13.7. The van der Waals surface area contributed by atoms with Gasteiger partial charge in [0.2, 0.25) is 0 Å². The highest BCUT2D eigenvalue weighted by Crippen LogP contribution is 2.50. The van der Waals surface area contributed by atoms with Gasteiger partial charge in [-0.1, -0.05) is 0 Å². The van der Waals surface area contributed by atoms with Crippen LogP contribution in [0.4, 0.5) is 39.5 Å². The maximum Gasteiger partial charge on any atom is 0.439 e. The molecular weight excluding hydrogens is 327 g/mol. The molecule has 0 spiro atoms. The molecule has 0 aromatic rings. The zero-order valence-corrected chi connectivity index (χ0v) is 8.27. The number of hydrogen-bond donors (Lipinski definition) is 0. The molecule has 0 amide bonds. The van der Waals surface area contributed by atoms with E-state index in [9.17, 15) is 44.3 Å². The van der Waals surface area contributed by atoms with E-state index in [0.717, 1.165) is 15.9 Å². The van der Waals surface area contributed by atoms with Crippen LogP contribution in [0.15, 0.2) is 0 Å². The summed E-state index contributed by atoms with van der Waals surface area (Å²) in [7, 11) is 0. The van der Waals surface area contributed by atoms with Crippen LogP contribution in [-0.4, -0.2) is 28.6 Å². The van der Waals surface area contributed by atoms with E-state index >= 15 is 0 Å². The Morgan fingerprint density at radius 2 is 1.00 bits per heavy atom. The topological polar surface area (TPSA) is 17.1 Å². The minimum absolute atomic E-state index is 0.942. The van der Waals surface area contributed by atoms with E-state index in [0.29, 0.717) is 0 Å². The Balaban J connectivity index is 5.74. The van der Waals surface area contributed by atoms with Gasteiger partial charge in [-0.25, -0.2) is 4.39 Å². The number of Topliss-reactive ketones (excluding diaryl/α,β-unsaturated/α-hetero) is 1. The van der Waals surface area contributed by atoms with Crippen LogP contribution in [0, 0.1) is 0 Å². The first-order chi connectivity index (χ1) is 6.65. The molecule has 0 saturated carbocycles. The number of rotatable bonds is 2. The van der Waals surface area contributed by atoms with E-state index in [1.807, 2.05) is 0 Å². The van der Waals surface area contributed by atoms with Gasteiger partial charge in [-0.05, 0) is 15.9 Å². The van der Waals surface area contributed by atoms with Crippen LogP contribution in [0.5, 0.6) is 0 Å². The minimum Gasteiger partial charge on any atom is -0.287 e. The average molecular weight is 327 g/mol. The quantitative estimate of drug-likeness (QED) is 0.561. The summed E-state index contributed by atoms with van der Waals surface area (Å²) in [5, 5.41) is 0. The standard InChI is InChI=1S/C5BrF9O/c6-3(8,9)1(16)2(7,4(10,11)12)5(13,14)15. The maximum atomic E-state index is 12.6. The van der Waals surface area contributed by atoms with Crippen molar-refractivity contribution in [1.82, 2.24) is 0 Å². The Morgan fingerprint density at radius 3 is 1.06 bits per heavy atom. The molecule has 0 N–H and O–H groups in total. The van der Waals surface area contributed by atoms with Crippen LogP contribution < -0.4 is 0 Å². The number of halogens is 10. The summed E-state index contributed by atoms with van der Waals surface area (Å²) in [5.41, 5.74) is -6.62. The molecule has 96 valence electrons. The molecule has 0 aromatic heterocycles. The van der Waals surface area contributed by atoms with E-state index in [1.165, 1.54) is 0 Å². The van der Waals surface area contributed by atoms with E-state index < -0.39 is 28.6 Å². The van der Waals surface area contributed by atoms with E-state index in [4.69, 9.17) is 0 Å². The largest absolute Gasteiger partial charge is 0.439 e. The first-order valence-electron chi connectivity index (χ1n) is 3.09. The Hall–Kier alpha value is -0.480. The summed E-state index contributed by atoms with van der Waals surface area (Å²) in [6.45, 7) is 0. The van der Waals surface area contributed by atoms with Gasteiger partial charge in [0, 0.05) is 0 Å². The highest BCUT2D eigenvalue weighted by atomic mass is 79.9. The summed E-state index contributed by atoms with van der Waals surface area (Å²) < 4.78 is 107. The van der Waals surface area contributed by atoms with Crippen molar-refractivity contribution in [3.05, 3.63) is 0 Å². The maximum absolute atomic E-state index is 12.6. The van der Waals surface area contributed by atoms with Crippen molar-refractivity contribution >= 4 is 21.7 Å². The van der Waals surface area contributed by atoms with Crippen LogP contribution in [0.3, 0.4) is 0 Å². The highest BCUT2D eigenvalue weighted by molar-refractivity contribution is 9.10. The number of alkyl halides is 10. The van der Waals surface area contributed by atoms with Crippen molar-refractivity contribution in [1.29, 1.82) is 0 Å². The zero-order valence-electron chi connectivity index (χ0n) is 6.69. The molecule has 0 fully saturated rings. The van der Waals surface area contributed by atoms with Crippen LogP contribution in [-0.2, 0) is 4.79 Å². The molecule has 0 heterocycles. The predicted molar refractivity (Wildman–Crippen MR) is 34.8 cm³/mol. The second-order valence-electron chi connectivity index (χ2n) is 2.48. The van der Waals surface area contributed by atoms with Crippen LogP contribution >= 0.6 is 15.9 Å². The van der Waals surface area contributed by atoms with E-state index in [2.05, 4.69) is 0 Å². The van der Waals surface area contributed by atoms with Gasteiger partial charge in [0.05, 0.1) is 0 Å². The van der Waals surface area contributed by atoms with E-state index in [1.54, 1.807) is 0 Å². The number of hydrogen-bond acceptors (Lipinski definition) is 1. The van der Waals surface area contributed by atoms with Crippen molar-refractivity contribution in [3.8, 4) is 0 Å². The molecule has 11 heteroatoms. The normalized spacial score (nSPS) is 15.1. The lowest BCUT2D eigenvalue weighted by molar-refractivity contribution is -0.328. The monoisotopic (exact) mass is 326 g/mol. The Morgan fingerprint density at radius 1 is 0.750 bits per heavy atom. The first kappa shape index (κ1) is 15.5. The van der Waals surface area contributed by atoms with Gasteiger partial charge in [0.1, 0.15) is 0 Å². The summed E-state index contributed by atoms with van der Waals surface area (Å²) in [5.74, 6) is -3.97. The summed E-state index contributed by atoms with van der Waals surface area (Å²) in [4.78, 5) is 4.88. The number of ketones is 1. The molecule has 0 unspecified atom stereocenters. The number of carbonyl (C=O) groups excluding carboxylic acids is 1. The second-order valence-corrected chi connectivity index (χ2v) is 3.48. The Kier molecular flexibility index (Phi) is 3.66. The fourth-order valence-corrected chi connectivity index (χ4v) is 0.887. The van der Waals surface area contributed by atoms with Gasteiger partial charge in [-0.2, -0.15) is 35.1 Å². The van der Waals surface area contributed by atoms with Crippen molar-refractivity contribution in [2.75, 3.05) is 0 Å². The molecule has 0 bridgehead atoms. The lowest BCUT2D eigenvalue weighted by Gasteiger charge is -2.29.